The van der Waals surface area contributed by atoms with Crippen LogP contribution < -0.4 is 5.56 Å². The van der Waals surface area contributed by atoms with E-state index in [0.29, 0.717) is 6.54 Å². The van der Waals surface area contributed by atoms with Gasteiger partial charge >= 0.3 is 0 Å². The average Bonchev–Trinajstić information content (AvgIpc) is 2.76. The zero-order valence-electron chi connectivity index (χ0n) is 8.92. The minimum Gasteiger partial charge on any atom is -0.330 e. The van der Waals surface area contributed by atoms with Gasteiger partial charge in [0.25, 0.3) is 5.56 Å². The van der Waals surface area contributed by atoms with Crippen LogP contribution in [0.15, 0.2) is 10.9 Å². The maximum atomic E-state index is 11.9. The molecule has 1 aliphatic heterocycles. The van der Waals surface area contributed by atoms with Gasteiger partial charge < -0.3 is 4.57 Å². The Labute approximate surface area is 87.5 Å². The van der Waals surface area contributed by atoms with E-state index >= 15 is 0 Å². The molecule has 0 atom stereocenters. The van der Waals surface area contributed by atoms with Gasteiger partial charge in [-0.05, 0) is 32.3 Å². The van der Waals surface area contributed by atoms with Crippen molar-refractivity contribution < 1.29 is 0 Å². The Bertz CT molecular complexity index is 558. The lowest BCUT2D eigenvalue weighted by Crippen LogP contribution is -2.15. The van der Waals surface area contributed by atoms with Crippen molar-refractivity contribution in [3.8, 4) is 0 Å². The Kier molecular flexibility index (Phi) is 1.78. The number of H-pyrrole nitrogens is 1. The van der Waals surface area contributed by atoms with E-state index in [9.17, 15) is 4.79 Å². The van der Waals surface area contributed by atoms with Gasteiger partial charge in [0.05, 0.1) is 5.39 Å². The number of hydrogen-bond donors (Lipinski definition) is 1. The minimum atomic E-state index is 0.120. The van der Waals surface area contributed by atoms with Crippen LogP contribution in [0, 0.1) is 0 Å². The Morgan fingerprint density at radius 3 is 3.13 bits per heavy atom. The molecule has 0 saturated heterocycles. The fourth-order valence-corrected chi connectivity index (χ4v) is 2.47. The zero-order chi connectivity index (χ0) is 10.4. The third-order valence-corrected chi connectivity index (χ3v) is 3.28. The van der Waals surface area contributed by atoms with Crippen molar-refractivity contribution in [3.63, 3.8) is 0 Å². The molecule has 1 N–H and O–H groups in total. The van der Waals surface area contributed by atoms with Crippen molar-refractivity contribution in [1.82, 2.24) is 14.3 Å². The van der Waals surface area contributed by atoms with Gasteiger partial charge in [-0.2, -0.15) is 0 Å². The highest BCUT2D eigenvalue weighted by Crippen LogP contribution is 2.21. The van der Waals surface area contributed by atoms with E-state index in [4.69, 9.17) is 0 Å². The first-order valence-electron chi connectivity index (χ1n) is 5.62. The summed E-state index contributed by atoms with van der Waals surface area (Å²) in [6.45, 7) is 3.74. The molecule has 3 heterocycles. The van der Waals surface area contributed by atoms with Gasteiger partial charge in [0.1, 0.15) is 5.65 Å². The number of rotatable bonds is 1. The smallest absolute Gasteiger partial charge is 0.276 e. The second kappa shape index (κ2) is 3.02. The summed E-state index contributed by atoms with van der Waals surface area (Å²) in [6, 6.07) is 2.06. The summed E-state index contributed by atoms with van der Waals surface area (Å²) in [7, 11) is 0. The molecule has 0 bridgehead atoms. The highest BCUT2D eigenvalue weighted by Gasteiger charge is 2.17. The van der Waals surface area contributed by atoms with Crippen molar-refractivity contribution in [2.45, 2.75) is 39.3 Å². The van der Waals surface area contributed by atoms with Crippen LogP contribution in [0.3, 0.4) is 0 Å². The van der Waals surface area contributed by atoms with E-state index in [0.717, 1.165) is 24.0 Å². The van der Waals surface area contributed by atoms with E-state index in [2.05, 4.69) is 15.7 Å². The molecule has 4 nitrogen and oxygen atoms in total. The molecule has 15 heavy (non-hydrogen) atoms. The van der Waals surface area contributed by atoms with Crippen molar-refractivity contribution in [2.75, 3.05) is 0 Å². The molecule has 0 fully saturated rings. The molecule has 4 heteroatoms. The Balaban J connectivity index is 2.32. The van der Waals surface area contributed by atoms with Gasteiger partial charge in [0.2, 0.25) is 0 Å². The van der Waals surface area contributed by atoms with E-state index in [-0.39, 0.29) is 5.56 Å². The number of hydrogen-bond acceptors (Lipinski definition) is 1. The van der Waals surface area contributed by atoms with E-state index in [1.807, 2.05) is 6.92 Å². The number of nitrogens with zero attached hydrogens (tertiary/aromatic N) is 2. The number of aryl methyl sites for hydroxylation is 3. The lowest BCUT2D eigenvalue weighted by Gasteiger charge is -2.14. The molecule has 0 radical (unpaired) electrons. The number of nitrogens with one attached hydrogen (secondary N) is 1. The van der Waals surface area contributed by atoms with Gasteiger partial charge in [0, 0.05) is 18.8 Å². The molecule has 0 amide bonds. The van der Waals surface area contributed by atoms with Crippen LogP contribution in [0.25, 0.3) is 11.0 Å². The highest BCUT2D eigenvalue weighted by atomic mass is 16.1. The lowest BCUT2D eigenvalue weighted by molar-refractivity contribution is 0.535. The third-order valence-electron chi connectivity index (χ3n) is 3.28. The molecule has 2 aromatic heterocycles. The van der Waals surface area contributed by atoms with Crippen molar-refractivity contribution in [1.29, 1.82) is 0 Å². The van der Waals surface area contributed by atoms with Crippen LogP contribution in [0.5, 0.6) is 0 Å². The molecule has 0 unspecified atom stereocenters. The van der Waals surface area contributed by atoms with Gasteiger partial charge in [0.15, 0.2) is 0 Å². The Hall–Kier alpha value is -1.45. The quantitative estimate of drug-likeness (QED) is 0.753. The van der Waals surface area contributed by atoms with Crippen molar-refractivity contribution in [2.24, 2.45) is 0 Å². The maximum absolute atomic E-state index is 11.9. The van der Waals surface area contributed by atoms with Crippen LogP contribution in [0.4, 0.5) is 0 Å². The highest BCUT2D eigenvalue weighted by molar-refractivity contribution is 5.77. The molecule has 80 valence electrons. The molecule has 1 aliphatic rings. The monoisotopic (exact) mass is 205 g/mol. The van der Waals surface area contributed by atoms with Crippen molar-refractivity contribution in [3.05, 3.63) is 22.1 Å². The van der Waals surface area contributed by atoms with Gasteiger partial charge in [-0.1, -0.05) is 0 Å². The van der Waals surface area contributed by atoms with E-state index < -0.39 is 0 Å². The summed E-state index contributed by atoms with van der Waals surface area (Å²) < 4.78 is 3.93. The normalized spacial score (nSPS) is 15.8. The van der Waals surface area contributed by atoms with Crippen molar-refractivity contribution >= 4 is 11.0 Å². The molecule has 0 aromatic carbocycles. The molecule has 3 rings (SSSR count). The summed E-state index contributed by atoms with van der Waals surface area (Å²) in [5.74, 6) is 0. The SMILES string of the molecule is CCn1[nH]c2c(cc3n2CCCC3)c1=O. The van der Waals surface area contributed by atoms with Crippen LogP contribution in [-0.2, 0) is 19.5 Å². The summed E-state index contributed by atoms with van der Waals surface area (Å²) in [5, 5.41) is 4.04. The van der Waals surface area contributed by atoms with Crippen LogP contribution >= 0.6 is 0 Å². The van der Waals surface area contributed by atoms with Crippen LogP contribution in [0.2, 0.25) is 0 Å². The fourth-order valence-electron chi connectivity index (χ4n) is 2.47. The van der Waals surface area contributed by atoms with E-state index in [1.54, 1.807) is 4.68 Å². The lowest BCUT2D eigenvalue weighted by atomic mass is 10.1. The largest absolute Gasteiger partial charge is 0.330 e. The number of aromatic nitrogens is 3. The molecular formula is C11H15N3O. The molecule has 0 saturated carbocycles. The van der Waals surface area contributed by atoms with Gasteiger partial charge in [-0.25, -0.2) is 0 Å². The Morgan fingerprint density at radius 2 is 2.33 bits per heavy atom. The summed E-state index contributed by atoms with van der Waals surface area (Å²) >= 11 is 0. The van der Waals surface area contributed by atoms with Crippen LogP contribution in [-0.4, -0.2) is 14.3 Å². The maximum Gasteiger partial charge on any atom is 0.276 e. The molecule has 0 spiro atoms. The first-order chi connectivity index (χ1) is 7.31. The minimum absolute atomic E-state index is 0.120. The van der Waals surface area contributed by atoms with Gasteiger partial charge in [-0.3, -0.25) is 14.6 Å². The second-order valence-corrected chi connectivity index (χ2v) is 4.17. The van der Waals surface area contributed by atoms with Gasteiger partial charge in [-0.15, -0.1) is 0 Å². The van der Waals surface area contributed by atoms with E-state index in [1.165, 1.54) is 18.5 Å². The predicted octanol–water partition coefficient (Wildman–Crippen LogP) is 1.49. The first-order valence-corrected chi connectivity index (χ1v) is 5.62. The third kappa shape index (κ3) is 1.11. The summed E-state index contributed by atoms with van der Waals surface area (Å²) in [4.78, 5) is 11.9. The number of fused-ring (bicyclic) bond motifs is 3. The topological polar surface area (TPSA) is 42.7 Å². The molecule has 0 aliphatic carbocycles. The predicted molar refractivity (Wildman–Crippen MR) is 59.2 cm³/mol. The standard InChI is InChI=1S/C11H15N3O/c1-2-14-11(15)9-7-8-5-3-4-6-13(8)10(9)12-14/h7,12H,2-6H2,1H3. The fraction of sp³-hybridized carbons (Fsp3) is 0.545. The zero-order valence-corrected chi connectivity index (χ0v) is 8.92. The average molecular weight is 205 g/mol. The number of aromatic amines is 1. The van der Waals surface area contributed by atoms with Crippen LogP contribution in [0.1, 0.15) is 25.5 Å². The molecule has 2 aromatic rings. The second-order valence-electron chi connectivity index (χ2n) is 4.17. The molecular weight excluding hydrogens is 190 g/mol. The Morgan fingerprint density at radius 1 is 1.47 bits per heavy atom. The first kappa shape index (κ1) is 8.83. The summed E-state index contributed by atoms with van der Waals surface area (Å²) in [5.41, 5.74) is 2.44. The summed E-state index contributed by atoms with van der Waals surface area (Å²) in [6.07, 6.45) is 3.57.